The molecule has 0 aliphatic heterocycles. The van der Waals surface area contributed by atoms with Gasteiger partial charge in [-0.15, -0.1) is 0 Å². The summed E-state index contributed by atoms with van der Waals surface area (Å²) in [7, 11) is 0. The zero-order chi connectivity index (χ0) is 14.9. The number of nitro groups is 1. The number of rotatable bonds is 4. The summed E-state index contributed by atoms with van der Waals surface area (Å²) in [6.45, 7) is 0. The lowest BCUT2D eigenvalue weighted by Crippen LogP contribution is -2.05. The molecule has 102 valence electrons. The molecule has 20 heavy (non-hydrogen) atoms. The maximum absolute atomic E-state index is 10.9. The van der Waals surface area contributed by atoms with Gasteiger partial charge in [-0.1, -0.05) is 6.07 Å². The summed E-state index contributed by atoms with van der Waals surface area (Å²) >= 11 is 0. The minimum absolute atomic E-state index is 0.106. The molecule has 0 fully saturated rings. The molecule has 0 saturated heterocycles. The maximum atomic E-state index is 10.9. The predicted octanol–water partition coefficient (Wildman–Crippen LogP) is 1.65. The molecule has 1 heterocycles. The van der Waals surface area contributed by atoms with Crippen molar-refractivity contribution in [2.24, 2.45) is 0 Å². The lowest BCUT2D eigenvalue weighted by molar-refractivity contribution is -0.384. The Morgan fingerprint density at radius 2 is 1.95 bits per heavy atom. The third-order valence-electron chi connectivity index (χ3n) is 2.33. The number of hydrogen-bond donors (Lipinski definition) is 2. The molecule has 0 atom stereocenters. The summed E-state index contributed by atoms with van der Waals surface area (Å²) in [5.74, 6) is -4.31. The first-order valence-corrected chi connectivity index (χ1v) is 5.12. The van der Waals surface area contributed by atoms with Crippen molar-refractivity contribution in [1.29, 1.82) is 0 Å². The molecule has 0 unspecified atom stereocenters. The summed E-state index contributed by atoms with van der Waals surface area (Å²) in [4.78, 5) is 35.2. The van der Waals surface area contributed by atoms with E-state index in [9.17, 15) is 19.7 Å². The summed E-state index contributed by atoms with van der Waals surface area (Å²) in [5, 5.41) is 28.3. The third-order valence-corrected chi connectivity index (χ3v) is 2.33. The van der Waals surface area contributed by atoms with Crippen molar-refractivity contribution < 1.29 is 29.1 Å². The predicted molar refractivity (Wildman–Crippen MR) is 62.5 cm³/mol. The van der Waals surface area contributed by atoms with Gasteiger partial charge in [-0.25, -0.2) is 14.6 Å². The quantitative estimate of drug-likeness (QED) is 0.634. The fraction of sp³-hybridized carbons (Fsp3) is 0. The zero-order valence-corrected chi connectivity index (χ0v) is 9.64. The summed E-state index contributed by atoms with van der Waals surface area (Å²) in [6, 6.07) is 5.06. The number of carboxylic acid groups (broad SMARTS) is 2. The monoisotopic (exact) mass is 278 g/mol. The van der Waals surface area contributed by atoms with Gasteiger partial charge in [-0.3, -0.25) is 10.1 Å². The molecule has 1 aromatic carbocycles. The molecule has 9 heteroatoms. The van der Waals surface area contributed by atoms with Gasteiger partial charge in [0.25, 0.3) is 5.69 Å². The Hall–Kier alpha value is -3.23. The van der Waals surface area contributed by atoms with Crippen LogP contribution in [0.1, 0.15) is 21.0 Å². The van der Waals surface area contributed by atoms with Crippen LogP contribution in [-0.2, 0) is 0 Å². The van der Waals surface area contributed by atoms with Crippen LogP contribution in [0.15, 0.2) is 28.7 Å². The lowest BCUT2D eigenvalue weighted by atomic mass is 10.2. The van der Waals surface area contributed by atoms with Crippen LogP contribution in [0.3, 0.4) is 0 Å². The molecule has 0 spiro atoms. The average Bonchev–Trinajstić information content (AvgIpc) is 2.84. The Bertz CT molecular complexity index is 688. The number of hydrogen-bond acceptors (Lipinski definition) is 6. The van der Waals surface area contributed by atoms with Crippen molar-refractivity contribution in [1.82, 2.24) is 4.98 Å². The van der Waals surface area contributed by atoms with E-state index in [2.05, 4.69) is 4.98 Å². The van der Waals surface area contributed by atoms with E-state index in [1.165, 1.54) is 18.2 Å². The van der Waals surface area contributed by atoms with Gasteiger partial charge in [0.2, 0.25) is 17.3 Å². The summed E-state index contributed by atoms with van der Waals surface area (Å²) in [6.07, 6.45) is 0. The van der Waals surface area contributed by atoms with Crippen molar-refractivity contribution >= 4 is 17.6 Å². The van der Waals surface area contributed by atoms with Gasteiger partial charge in [0.05, 0.1) is 4.92 Å². The Kier molecular flexibility index (Phi) is 3.17. The number of aromatic carboxylic acids is 2. The van der Waals surface area contributed by atoms with E-state index in [4.69, 9.17) is 14.6 Å². The van der Waals surface area contributed by atoms with E-state index in [0.29, 0.717) is 0 Å². The number of non-ortho nitro benzene ring substituents is 1. The molecule has 0 saturated carbocycles. The first-order chi connectivity index (χ1) is 9.40. The maximum Gasteiger partial charge on any atom is 0.374 e. The Morgan fingerprint density at radius 3 is 2.45 bits per heavy atom. The number of benzene rings is 1. The van der Waals surface area contributed by atoms with Gasteiger partial charge in [0.15, 0.2) is 0 Å². The number of carbonyl (C=O) groups is 2. The smallest absolute Gasteiger partial charge is 0.374 e. The van der Waals surface area contributed by atoms with Crippen molar-refractivity contribution in [2.75, 3.05) is 0 Å². The van der Waals surface area contributed by atoms with Gasteiger partial charge in [0.1, 0.15) is 0 Å². The lowest BCUT2D eigenvalue weighted by Gasteiger charge is -1.95. The molecule has 2 aromatic rings. The first-order valence-electron chi connectivity index (χ1n) is 5.12. The fourth-order valence-corrected chi connectivity index (χ4v) is 1.49. The highest BCUT2D eigenvalue weighted by atomic mass is 16.6. The molecule has 9 nitrogen and oxygen atoms in total. The van der Waals surface area contributed by atoms with Gasteiger partial charge in [-0.05, 0) is 6.07 Å². The molecule has 0 bridgehead atoms. The van der Waals surface area contributed by atoms with Crippen LogP contribution in [0.4, 0.5) is 5.69 Å². The van der Waals surface area contributed by atoms with Crippen molar-refractivity contribution in [3.63, 3.8) is 0 Å². The molecular weight excluding hydrogens is 272 g/mol. The molecule has 0 radical (unpaired) electrons. The average molecular weight is 278 g/mol. The topological polar surface area (TPSA) is 144 Å². The highest BCUT2D eigenvalue weighted by Crippen LogP contribution is 2.25. The van der Waals surface area contributed by atoms with Crippen LogP contribution < -0.4 is 0 Å². The normalized spacial score (nSPS) is 10.2. The molecule has 0 amide bonds. The van der Waals surface area contributed by atoms with E-state index < -0.39 is 28.3 Å². The van der Waals surface area contributed by atoms with Crippen LogP contribution in [0.25, 0.3) is 11.5 Å². The van der Waals surface area contributed by atoms with Crippen LogP contribution >= 0.6 is 0 Å². The molecule has 1 aromatic heterocycles. The highest BCUT2D eigenvalue weighted by Gasteiger charge is 2.25. The van der Waals surface area contributed by atoms with Crippen LogP contribution in [0, 0.1) is 10.1 Å². The van der Waals surface area contributed by atoms with Gasteiger partial charge in [0, 0.05) is 17.7 Å². The SMILES string of the molecule is O=C(O)c1nc(-c2cccc([N+](=O)[O-])c2)oc1C(=O)O. The number of aromatic nitrogens is 1. The van der Waals surface area contributed by atoms with Crippen molar-refractivity contribution in [3.8, 4) is 11.5 Å². The van der Waals surface area contributed by atoms with Gasteiger partial charge < -0.3 is 14.6 Å². The summed E-state index contributed by atoms with van der Waals surface area (Å²) in [5.41, 5.74) is -0.914. The van der Waals surface area contributed by atoms with Crippen LogP contribution in [-0.4, -0.2) is 32.1 Å². The Labute approximate surface area is 110 Å². The largest absolute Gasteiger partial charge is 0.476 e. The standard InChI is InChI=1S/C11H6N2O7/c14-10(15)7-8(11(16)17)20-9(12-7)5-2-1-3-6(4-5)13(18)19/h1-4H,(H,14,15)(H,16,17). The molecule has 2 rings (SSSR count). The molecule has 0 aliphatic rings. The van der Waals surface area contributed by atoms with Crippen molar-refractivity contribution in [2.45, 2.75) is 0 Å². The number of nitro benzene ring substituents is 1. The van der Waals surface area contributed by atoms with Crippen LogP contribution in [0.5, 0.6) is 0 Å². The second kappa shape index (κ2) is 4.80. The minimum Gasteiger partial charge on any atom is -0.476 e. The van der Waals surface area contributed by atoms with E-state index >= 15 is 0 Å². The third kappa shape index (κ3) is 2.32. The first kappa shape index (κ1) is 13.2. The number of carboxylic acids is 2. The highest BCUT2D eigenvalue weighted by molar-refractivity contribution is 5.98. The zero-order valence-electron chi connectivity index (χ0n) is 9.64. The van der Waals surface area contributed by atoms with Gasteiger partial charge in [-0.2, -0.15) is 0 Å². The molecule has 2 N–H and O–H groups in total. The molecule has 0 aliphatic carbocycles. The Balaban J connectivity index is 2.56. The van der Waals surface area contributed by atoms with E-state index in [0.717, 1.165) is 6.07 Å². The van der Waals surface area contributed by atoms with E-state index in [-0.39, 0.29) is 17.1 Å². The van der Waals surface area contributed by atoms with E-state index in [1.807, 2.05) is 0 Å². The van der Waals surface area contributed by atoms with Crippen LogP contribution in [0.2, 0.25) is 0 Å². The van der Waals surface area contributed by atoms with E-state index in [1.54, 1.807) is 0 Å². The number of oxazole rings is 1. The Morgan fingerprint density at radius 1 is 1.25 bits per heavy atom. The van der Waals surface area contributed by atoms with Crippen molar-refractivity contribution in [3.05, 3.63) is 45.8 Å². The minimum atomic E-state index is -1.59. The number of nitrogens with zero attached hydrogens (tertiary/aromatic N) is 2. The fourth-order valence-electron chi connectivity index (χ4n) is 1.49. The molecular formula is C11H6N2O7. The summed E-state index contributed by atoms with van der Waals surface area (Å²) < 4.78 is 4.84. The second-order valence-electron chi connectivity index (χ2n) is 3.61. The second-order valence-corrected chi connectivity index (χ2v) is 3.61. The van der Waals surface area contributed by atoms with Gasteiger partial charge >= 0.3 is 11.9 Å².